The highest BCUT2D eigenvalue weighted by molar-refractivity contribution is 7.90. The molecule has 0 amide bonds. The zero-order valence-corrected chi connectivity index (χ0v) is 10.9. The molecule has 0 atom stereocenters. The summed E-state index contributed by atoms with van der Waals surface area (Å²) >= 11 is 0. The maximum absolute atomic E-state index is 11.7. The highest BCUT2D eigenvalue weighted by Crippen LogP contribution is 2.34. The third-order valence-corrected chi connectivity index (χ3v) is 4.01. The van der Waals surface area contributed by atoms with Crippen LogP contribution in [0.1, 0.15) is 12.8 Å². The minimum Gasteiger partial charge on any atom is -0.480 e. The predicted octanol–water partition coefficient (Wildman–Crippen LogP) is 1.14. The van der Waals surface area contributed by atoms with Gasteiger partial charge < -0.3 is 10.0 Å². The van der Waals surface area contributed by atoms with Crippen molar-refractivity contribution in [2.24, 2.45) is 0 Å². The number of carboxylic acids is 1. The Morgan fingerprint density at radius 3 is 2.50 bits per heavy atom. The van der Waals surface area contributed by atoms with Crippen molar-refractivity contribution >= 4 is 21.5 Å². The Kier molecular flexibility index (Phi) is 3.30. The van der Waals surface area contributed by atoms with Gasteiger partial charge in [-0.2, -0.15) is 0 Å². The molecule has 18 heavy (non-hydrogen) atoms. The van der Waals surface area contributed by atoms with Crippen molar-refractivity contribution in [1.29, 1.82) is 0 Å². The lowest BCUT2D eigenvalue weighted by Gasteiger charge is -2.24. The van der Waals surface area contributed by atoms with Crippen LogP contribution in [-0.4, -0.2) is 38.3 Å². The van der Waals surface area contributed by atoms with E-state index in [-0.39, 0.29) is 17.5 Å². The zero-order chi connectivity index (χ0) is 13.3. The Labute approximate surface area is 106 Å². The fraction of sp³-hybridized carbons (Fsp3) is 0.417. The standard InChI is InChI=1S/C12H15NO4S/c1-18(16,17)11-5-3-2-4-10(11)13(8-12(14)15)9-6-7-9/h2-5,9H,6-8H2,1H3,(H,14,15). The van der Waals surface area contributed by atoms with E-state index in [1.54, 1.807) is 23.1 Å². The van der Waals surface area contributed by atoms with Crippen molar-refractivity contribution < 1.29 is 18.3 Å². The van der Waals surface area contributed by atoms with Crippen LogP contribution in [-0.2, 0) is 14.6 Å². The van der Waals surface area contributed by atoms with Crippen LogP contribution >= 0.6 is 0 Å². The van der Waals surface area contributed by atoms with Crippen molar-refractivity contribution in [3.05, 3.63) is 24.3 Å². The van der Waals surface area contributed by atoms with Crippen LogP contribution in [0.25, 0.3) is 0 Å². The number of carbonyl (C=O) groups is 1. The average molecular weight is 269 g/mol. The molecule has 1 aliphatic rings. The second-order valence-electron chi connectivity index (χ2n) is 4.49. The van der Waals surface area contributed by atoms with Crippen molar-refractivity contribution in [2.45, 2.75) is 23.8 Å². The van der Waals surface area contributed by atoms with E-state index < -0.39 is 15.8 Å². The molecule has 0 radical (unpaired) electrons. The number of sulfone groups is 1. The first-order valence-electron chi connectivity index (χ1n) is 5.67. The average Bonchev–Trinajstić information content (AvgIpc) is 3.08. The van der Waals surface area contributed by atoms with Gasteiger partial charge >= 0.3 is 5.97 Å². The summed E-state index contributed by atoms with van der Waals surface area (Å²) in [5.41, 5.74) is 0.491. The van der Waals surface area contributed by atoms with E-state index >= 15 is 0 Å². The van der Waals surface area contributed by atoms with Gasteiger partial charge in [0.15, 0.2) is 9.84 Å². The fourth-order valence-corrected chi connectivity index (χ4v) is 2.84. The minimum atomic E-state index is -3.35. The molecule has 5 nitrogen and oxygen atoms in total. The molecule has 0 aromatic heterocycles. The molecule has 0 spiro atoms. The second-order valence-corrected chi connectivity index (χ2v) is 6.48. The number of nitrogens with zero attached hydrogens (tertiary/aromatic N) is 1. The van der Waals surface area contributed by atoms with Gasteiger partial charge in [-0.15, -0.1) is 0 Å². The van der Waals surface area contributed by atoms with E-state index in [2.05, 4.69) is 0 Å². The number of anilines is 1. The molecule has 1 N–H and O–H groups in total. The number of rotatable bonds is 5. The molecule has 0 heterocycles. The quantitative estimate of drug-likeness (QED) is 0.867. The molecule has 0 unspecified atom stereocenters. The molecular formula is C12H15NO4S. The number of hydrogen-bond donors (Lipinski definition) is 1. The Bertz CT molecular complexity index is 563. The summed E-state index contributed by atoms with van der Waals surface area (Å²) in [5, 5.41) is 8.92. The van der Waals surface area contributed by atoms with E-state index in [9.17, 15) is 13.2 Å². The molecule has 0 bridgehead atoms. The number of aliphatic carboxylic acids is 1. The molecular weight excluding hydrogens is 254 g/mol. The molecule has 1 aliphatic carbocycles. The normalized spacial score (nSPS) is 15.4. The van der Waals surface area contributed by atoms with Crippen LogP contribution in [0.5, 0.6) is 0 Å². The van der Waals surface area contributed by atoms with Crippen LogP contribution in [0.3, 0.4) is 0 Å². The monoisotopic (exact) mass is 269 g/mol. The predicted molar refractivity (Wildman–Crippen MR) is 67.6 cm³/mol. The molecule has 0 aliphatic heterocycles. The number of hydrogen-bond acceptors (Lipinski definition) is 4. The lowest BCUT2D eigenvalue weighted by molar-refractivity contribution is -0.135. The van der Waals surface area contributed by atoms with Crippen molar-refractivity contribution in [3.63, 3.8) is 0 Å². The van der Waals surface area contributed by atoms with Gasteiger partial charge in [0, 0.05) is 12.3 Å². The second kappa shape index (κ2) is 4.61. The van der Waals surface area contributed by atoms with E-state index in [1.807, 2.05) is 0 Å². The third-order valence-electron chi connectivity index (χ3n) is 2.87. The van der Waals surface area contributed by atoms with Crippen LogP contribution < -0.4 is 4.90 Å². The van der Waals surface area contributed by atoms with Gasteiger partial charge in [-0.3, -0.25) is 4.79 Å². The first kappa shape index (κ1) is 12.9. The number of benzene rings is 1. The summed E-state index contributed by atoms with van der Waals surface area (Å²) in [5.74, 6) is -0.954. The molecule has 2 rings (SSSR count). The van der Waals surface area contributed by atoms with Gasteiger partial charge in [0.05, 0.1) is 10.6 Å². The SMILES string of the molecule is CS(=O)(=O)c1ccccc1N(CC(=O)O)C1CC1. The van der Waals surface area contributed by atoms with Gasteiger partial charge in [0.2, 0.25) is 0 Å². The molecule has 1 aromatic rings. The first-order chi connectivity index (χ1) is 8.39. The van der Waals surface area contributed by atoms with Gasteiger partial charge in [-0.05, 0) is 25.0 Å². The van der Waals surface area contributed by atoms with Crippen LogP contribution in [0.2, 0.25) is 0 Å². The Morgan fingerprint density at radius 1 is 1.39 bits per heavy atom. The largest absolute Gasteiger partial charge is 0.480 e. The molecule has 1 saturated carbocycles. The molecule has 98 valence electrons. The van der Waals surface area contributed by atoms with Crippen LogP contribution in [0.15, 0.2) is 29.2 Å². The Morgan fingerprint density at radius 2 is 2.00 bits per heavy atom. The summed E-state index contributed by atoms with van der Waals surface area (Å²) in [4.78, 5) is 12.7. The summed E-state index contributed by atoms with van der Waals surface area (Å²) < 4.78 is 23.4. The van der Waals surface area contributed by atoms with E-state index in [1.165, 1.54) is 6.07 Å². The summed E-state index contributed by atoms with van der Waals surface area (Å²) in [6.45, 7) is -0.169. The van der Waals surface area contributed by atoms with Crippen molar-refractivity contribution in [2.75, 3.05) is 17.7 Å². The van der Waals surface area contributed by atoms with Gasteiger partial charge in [0.1, 0.15) is 6.54 Å². The van der Waals surface area contributed by atoms with Crippen LogP contribution in [0, 0.1) is 0 Å². The smallest absolute Gasteiger partial charge is 0.323 e. The first-order valence-corrected chi connectivity index (χ1v) is 7.56. The highest BCUT2D eigenvalue weighted by Gasteiger charge is 2.32. The molecule has 1 aromatic carbocycles. The Hall–Kier alpha value is -1.56. The Balaban J connectivity index is 2.44. The van der Waals surface area contributed by atoms with E-state index in [0.29, 0.717) is 5.69 Å². The van der Waals surface area contributed by atoms with Crippen molar-refractivity contribution in [3.8, 4) is 0 Å². The number of para-hydroxylation sites is 1. The zero-order valence-electron chi connectivity index (χ0n) is 10.0. The maximum Gasteiger partial charge on any atom is 0.323 e. The van der Waals surface area contributed by atoms with Gasteiger partial charge in [-0.1, -0.05) is 12.1 Å². The minimum absolute atomic E-state index is 0.143. The van der Waals surface area contributed by atoms with Crippen LogP contribution in [0.4, 0.5) is 5.69 Å². The van der Waals surface area contributed by atoms with Crippen molar-refractivity contribution in [1.82, 2.24) is 0 Å². The third kappa shape index (κ3) is 2.81. The van der Waals surface area contributed by atoms with E-state index in [4.69, 9.17) is 5.11 Å². The summed E-state index contributed by atoms with van der Waals surface area (Å²) in [6, 6.07) is 6.69. The molecule has 6 heteroatoms. The van der Waals surface area contributed by atoms with Gasteiger partial charge in [0.25, 0.3) is 0 Å². The fourth-order valence-electron chi connectivity index (χ4n) is 1.95. The topological polar surface area (TPSA) is 74.7 Å². The highest BCUT2D eigenvalue weighted by atomic mass is 32.2. The summed E-state index contributed by atoms with van der Waals surface area (Å²) in [6.07, 6.45) is 2.95. The maximum atomic E-state index is 11.7. The van der Waals surface area contributed by atoms with E-state index in [0.717, 1.165) is 19.1 Å². The molecule has 1 fully saturated rings. The lowest BCUT2D eigenvalue weighted by atomic mass is 10.2. The molecule has 0 saturated heterocycles. The number of carboxylic acid groups (broad SMARTS) is 1. The summed E-state index contributed by atoms with van der Waals surface area (Å²) in [7, 11) is -3.35. The lowest BCUT2D eigenvalue weighted by Crippen LogP contribution is -2.32. The van der Waals surface area contributed by atoms with Gasteiger partial charge in [-0.25, -0.2) is 8.42 Å².